The highest BCUT2D eigenvalue weighted by atomic mass is 28.3. The molecule has 0 N–H and O–H groups in total. The Morgan fingerprint density at radius 2 is 2.00 bits per heavy atom. The van der Waals surface area contributed by atoms with Gasteiger partial charge < -0.3 is 14.0 Å². The van der Waals surface area contributed by atoms with E-state index in [2.05, 4.69) is 19.6 Å². The number of carbonyl (C=O) groups is 1. The van der Waals surface area contributed by atoms with Crippen LogP contribution in [0.1, 0.15) is 15.9 Å². The van der Waals surface area contributed by atoms with Gasteiger partial charge in [-0.1, -0.05) is 31.2 Å². The van der Waals surface area contributed by atoms with Gasteiger partial charge in [0, 0.05) is 20.9 Å². The van der Waals surface area contributed by atoms with E-state index in [9.17, 15) is 4.79 Å². The Hall–Kier alpha value is -1.53. The summed E-state index contributed by atoms with van der Waals surface area (Å²) in [5.41, 5.74) is 2.98. The Labute approximate surface area is 140 Å². The molecule has 1 heterocycles. The first-order chi connectivity index (χ1) is 10.7. The van der Waals surface area contributed by atoms with Crippen LogP contribution in [0.2, 0.25) is 25.7 Å². The lowest BCUT2D eigenvalue weighted by Crippen LogP contribution is -2.22. The molecule has 0 saturated heterocycles. The third-order valence-electron chi connectivity index (χ3n) is 3.87. The molecule has 0 atom stereocenters. The number of rotatable bonds is 6. The summed E-state index contributed by atoms with van der Waals surface area (Å²) in [5.74, 6) is -0.364. The maximum absolute atomic E-state index is 12.0. The van der Waals surface area contributed by atoms with Gasteiger partial charge in [-0.2, -0.15) is 0 Å². The molecular formula is C17H24BNO3Si. The number of esters is 1. The van der Waals surface area contributed by atoms with Crippen molar-refractivity contribution in [1.82, 2.24) is 4.57 Å². The summed E-state index contributed by atoms with van der Waals surface area (Å²) in [4.78, 5) is 12.0. The van der Waals surface area contributed by atoms with Gasteiger partial charge in [-0.25, -0.2) is 4.79 Å². The standard InChI is InChI=1S/C17H24BNO3Si/c1-12-10-19(11-22-8-9-23(3,4)5)16-13(17(20)21-2)6-7-14(18)15(12)16/h6-7,10H,8-9,11H2,1-5H3. The molecule has 4 nitrogen and oxygen atoms in total. The number of aryl methyl sites for hydroxylation is 1. The summed E-state index contributed by atoms with van der Waals surface area (Å²) in [5, 5.41) is 0.890. The molecule has 0 saturated carbocycles. The van der Waals surface area contributed by atoms with Gasteiger partial charge in [0.25, 0.3) is 0 Å². The predicted octanol–water partition coefficient (Wildman–Crippen LogP) is 2.84. The van der Waals surface area contributed by atoms with Crippen molar-refractivity contribution >= 4 is 38.3 Å². The smallest absolute Gasteiger partial charge is 0.340 e. The van der Waals surface area contributed by atoms with Crippen LogP contribution in [-0.2, 0) is 16.2 Å². The van der Waals surface area contributed by atoms with E-state index < -0.39 is 8.07 Å². The molecule has 0 aliphatic carbocycles. The molecule has 2 rings (SSSR count). The van der Waals surface area contributed by atoms with Crippen LogP contribution in [0.25, 0.3) is 10.9 Å². The molecule has 0 aliphatic rings. The lowest BCUT2D eigenvalue weighted by molar-refractivity contribution is 0.0601. The number of nitrogens with zero attached hydrogens (tertiary/aromatic N) is 1. The molecule has 122 valence electrons. The topological polar surface area (TPSA) is 40.5 Å². The van der Waals surface area contributed by atoms with E-state index in [1.807, 2.05) is 17.7 Å². The van der Waals surface area contributed by atoms with Gasteiger partial charge in [-0.05, 0) is 30.0 Å². The summed E-state index contributed by atoms with van der Waals surface area (Å²) in [6, 6.07) is 4.57. The van der Waals surface area contributed by atoms with Crippen molar-refractivity contribution < 1.29 is 14.3 Å². The first kappa shape index (κ1) is 17.8. The minimum atomic E-state index is -1.12. The maximum atomic E-state index is 12.0. The number of methoxy groups -OCH3 is 1. The number of hydrogen-bond donors (Lipinski definition) is 0. The van der Waals surface area contributed by atoms with Crippen molar-refractivity contribution in [2.45, 2.75) is 39.3 Å². The summed E-state index contributed by atoms with van der Waals surface area (Å²) in [6.07, 6.45) is 1.97. The molecule has 0 amide bonds. The molecule has 1 aromatic heterocycles. The predicted molar refractivity (Wildman–Crippen MR) is 97.5 cm³/mol. The second kappa shape index (κ2) is 6.93. The van der Waals surface area contributed by atoms with Gasteiger partial charge in [0.15, 0.2) is 0 Å². The van der Waals surface area contributed by atoms with E-state index in [-0.39, 0.29) is 5.97 Å². The van der Waals surface area contributed by atoms with Gasteiger partial charge in [-0.3, -0.25) is 0 Å². The lowest BCUT2D eigenvalue weighted by Gasteiger charge is -2.16. The van der Waals surface area contributed by atoms with E-state index >= 15 is 0 Å². The molecule has 0 unspecified atom stereocenters. The molecule has 0 bridgehead atoms. The van der Waals surface area contributed by atoms with Gasteiger partial charge in [-0.15, -0.1) is 0 Å². The van der Waals surface area contributed by atoms with Crippen LogP contribution in [0, 0.1) is 6.92 Å². The molecule has 6 heteroatoms. The molecule has 23 heavy (non-hydrogen) atoms. The number of carbonyl (C=O) groups excluding carboxylic acids is 1. The first-order valence-corrected chi connectivity index (χ1v) is 11.5. The lowest BCUT2D eigenvalue weighted by atomic mass is 9.89. The van der Waals surface area contributed by atoms with Crippen molar-refractivity contribution in [3.8, 4) is 0 Å². The van der Waals surface area contributed by atoms with Gasteiger partial charge in [0.2, 0.25) is 0 Å². The van der Waals surface area contributed by atoms with Crippen LogP contribution in [-0.4, -0.2) is 40.2 Å². The summed E-state index contributed by atoms with van der Waals surface area (Å²) >= 11 is 0. The van der Waals surface area contributed by atoms with Crippen molar-refractivity contribution in [2.75, 3.05) is 13.7 Å². The molecule has 0 spiro atoms. The Morgan fingerprint density at radius 3 is 2.61 bits per heavy atom. The average Bonchev–Trinajstić information content (AvgIpc) is 2.80. The van der Waals surface area contributed by atoms with Crippen molar-refractivity contribution in [3.05, 3.63) is 29.5 Å². The molecule has 1 aromatic carbocycles. The SMILES string of the molecule is [B]c1ccc(C(=O)OC)c2c1c(C)cn2COCC[Si](C)(C)C. The highest BCUT2D eigenvalue weighted by molar-refractivity contribution is 6.76. The fourth-order valence-corrected chi connectivity index (χ4v) is 3.36. The zero-order chi connectivity index (χ0) is 17.2. The third kappa shape index (κ3) is 4.06. The number of ether oxygens (including phenoxy) is 2. The van der Waals surface area contributed by atoms with Gasteiger partial charge in [0.1, 0.15) is 14.6 Å². The van der Waals surface area contributed by atoms with Gasteiger partial charge >= 0.3 is 5.97 Å². The Balaban J connectivity index is 2.33. The van der Waals surface area contributed by atoms with Crippen molar-refractivity contribution in [3.63, 3.8) is 0 Å². The summed E-state index contributed by atoms with van der Waals surface area (Å²) in [6.45, 7) is 10.1. The third-order valence-corrected chi connectivity index (χ3v) is 5.58. The quantitative estimate of drug-likeness (QED) is 0.465. The maximum Gasteiger partial charge on any atom is 0.340 e. The van der Waals surface area contributed by atoms with Crippen molar-refractivity contribution in [1.29, 1.82) is 0 Å². The van der Waals surface area contributed by atoms with Crippen molar-refractivity contribution in [2.24, 2.45) is 0 Å². The van der Waals surface area contributed by atoms with E-state index in [1.165, 1.54) is 7.11 Å². The van der Waals surface area contributed by atoms with Crippen LogP contribution in [0.15, 0.2) is 18.3 Å². The highest BCUT2D eigenvalue weighted by Gasteiger charge is 2.18. The van der Waals surface area contributed by atoms with Crippen LogP contribution in [0.5, 0.6) is 0 Å². The molecular weight excluding hydrogens is 305 g/mol. The van der Waals surface area contributed by atoms with E-state index in [1.54, 1.807) is 12.1 Å². The van der Waals surface area contributed by atoms with E-state index in [0.717, 1.165) is 29.1 Å². The monoisotopic (exact) mass is 329 g/mol. The zero-order valence-corrected chi connectivity index (χ0v) is 15.6. The van der Waals surface area contributed by atoms with E-state index in [4.69, 9.17) is 17.3 Å². The fraction of sp³-hybridized carbons (Fsp3) is 0.471. The Kier molecular flexibility index (Phi) is 5.37. The molecule has 2 aromatic rings. The van der Waals surface area contributed by atoms with E-state index in [0.29, 0.717) is 17.8 Å². The van der Waals surface area contributed by atoms with Gasteiger partial charge in [0.05, 0.1) is 18.2 Å². The number of fused-ring (bicyclic) bond motifs is 1. The molecule has 0 fully saturated rings. The molecule has 0 aliphatic heterocycles. The van der Waals surface area contributed by atoms with Crippen LogP contribution in [0.4, 0.5) is 0 Å². The summed E-state index contributed by atoms with van der Waals surface area (Å²) in [7, 11) is 6.36. The fourth-order valence-electron chi connectivity index (χ4n) is 2.60. The van der Waals surface area contributed by atoms with Crippen LogP contribution < -0.4 is 5.46 Å². The average molecular weight is 329 g/mol. The second-order valence-electron chi connectivity index (χ2n) is 7.05. The number of aromatic nitrogens is 1. The number of benzene rings is 1. The first-order valence-electron chi connectivity index (χ1n) is 7.78. The summed E-state index contributed by atoms with van der Waals surface area (Å²) < 4.78 is 12.7. The largest absolute Gasteiger partial charge is 0.465 e. The Morgan fingerprint density at radius 1 is 1.30 bits per heavy atom. The Bertz CT molecular complexity index is 719. The highest BCUT2D eigenvalue weighted by Crippen LogP contribution is 2.23. The minimum Gasteiger partial charge on any atom is -0.465 e. The number of hydrogen-bond acceptors (Lipinski definition) is 3. The second-order valence-corrected chi connectivity index (χ2v) is 12.7. The van der Waals surface area contributed by atoms with Crippen LogP contribution in [0.3, 0.4) is 0 Å². The zero-order valence-electron chi connectivity index (χ0n) is 14.6. The molecule has 2 radical (unpaired) electrons. The van der Waals surface area contributed by atoms with Crippen LogP contribution >= 0.6 is 0 Å². The minimum absolute atomic E-state index is 0.364. The normalized spacial score (nSPS) is 11.9.